The quantitative estimate of drug-likeness (QED) is 0.809. The van der Waals surface area contributed by atoms with E-state index < -0.39 is 5.82 Å². The minimum absolute atomic E-state index is 0.155. The number of fused-ring (bicyclic) bond motifs is 3. The highest BCUT2D eigenvalue weighted by Gasteiger charge is 2.40. The average Bonchev–Trinajstić information content (AvgIpc) is 2.71. The molecular weight excluding hydrogens is 235 g/mol. The molecule has 0 radical (unpaired) electrons. The van der Waals surface area contributed by atoms with Crippen molar-refractivity contribution >= 4 is 5.78 Å². The summed E-state index contributed by atoms with van der Waals surface area (Å²) in [7, 11) is 0. The van der Waals surface area contributed by atoms with Gasteiger partial charge in [0.25, 0.3) is 0 Å². The number of hydrogen-bond donors (Lipinski definition) is 0. The Balaban J connectivity index is 1.96. The summed E-state index contributed by atoms with van der Waals surface area (Å²) in [4.78, 5) is 11.4. The monoisotopic (exact) mass is 250 g/mol. The lowest BCUT2D eigenvalue weighted by atomic mass is 9.83. The first-order chi connectivity index (χ1) is 8.70. The maximum atomic E-state index is 14.2. The molecule has 3 nitrogen and oxygen atoms in total. The van der Waals surface area contributed by atoms with Crippen LogP contribution in [0.4, 0.5) is 4.39 Å². The zero-order valence-corrected chi connectivity index (χ0v) is 10.2. The van der Waals surface area contributed by atoms with Crippen LogP contribution in [0.25, 0.3) is 0 Å². The normalized spacial score (nSPS) is 25.3. The molecule has 96 valence electrons. The van der Waals surface area contributed by atoms with E-state index in [1.165, 1.54) is 0 Å². The fraction of sp³-hybridized carbons (Fsp3) is 0.500. The number of hydrogen-bond acceptors (Lipinski definition) is 3. The van der Waals surface area contributed by atoms with Gasteiger partial charge in [0.05, 0.1) is 6.61 Å². The molecule has 0 amide bonds. The number of ketones is 1. The van der Waals surface area contributed by atoms with E-state index in [1.54, 1.807) is 6.07 Å². The van der Waals surface area contributed by atoms with Crippen LogP contribution in [0.3, 0.4) is 0 Å². The van der Waals surface area contributed by atoms with E-state index in [9.17, 15) is 9.18 Å². The zero-order chi connectivity index (χ0) is 12.7. The first kappa shape index (κ1) is 11.5. The lowest BCUT2D eigenvalue weighted by Crippen LogP contribution is -2.27. The van der Waals surface area contributed by atoms with Crippen molar-refractivity contribution in [3.8, 4) is 11.5 Å². The summed E-state index contributed by atoms with van der Waals surface area (Å²) >= 11 is 0. The van der Waals surface area contributed by atoms with Gasteiger partial charge < -0.3 is 9.47 Å². The third-order valence-electron chi connectivity index (χ3n) is 3.67. The lowest BCUT2D eigenvalue weighted by molar-refractivity contribution is -0.122. The molecule has 1 unspecified atom stereocenters. The van der Waals surface area contributed by atoms with E-state index in [1.807, 2.05) is 13.0 Å². The molecule has 1 aliphatic carbocycles. The Hall–Kier alpha value is -1.58. The fourth-order valence-electron chi connectivity index (χ4n) is 2.83. The maximum absolute atomic E-state index is 14.2. The second-order valence-electron chi connectivity index (χ2n) is 4.77. The predicted molar refractivity (Wildman–Crippen MR) is 63.6 cm³/mol. The molecule has 0 N–H and O–H groups in total. The second-order valence-corrected chi connectivity index (χ2v) is 4.77. The summed E-state index contributed by atoms with van der Waals surface area (Å²) in [6, 6.07) is 3.52. The third-order valence-corrected chi connectivity index (χ3v) is 3.67. The average molecular weight is 250 g/mol. The molecular formula is C14H15FO3. The fourth-order valence-corrected chi connectivity index (χ4v) is 2.83. The molecule has 0 spiro atoms. The molecule has 1 fully saturated rings. The van der Waals surface area contributed by atoms with Gasteiger partial charge in [0.15, 0.2) is 11.5 Å². The zero-order valence-electron chi connectivity index (χ0n) is 10.2. The smallest absolute Gasteiger partial charge is 0.207 e. The van der Waals surface area contributed by atoms with Crippen LogP contribution in [-0.2, 0) is 4.79 Å². The number of carbonyl (C=O) groups is 1. The molecule has 18 heavy (non-hydrogen) atoms. The van der Waals surface area contributed by atoms with Gasteiger partial charge in [-0.15, -0.1) is 0 Å². The van der Waals surface area contributed by atoms with Gasteiger partial charge >= 0.3 is 0 Å². The van der Waals surface area contributed by atoms with Crippen molar-refractivity contribution in [2.75, 3.05) is 6.61 Å². The molecule has 2 atom stereocenters. The Morgan fingerprint density at radius 3 is 3.11 bits per heavy atom. The number of rotatable bonds is 2. The number of benzene rings is 1. The van der Waals surface area contributed by atoms with Gasteiger partial charge in [-0.25, -0.2) is 0 Å². The van der Waals surface area contributed by atoms with E-state index in [2.05, 4.69) is 0 Å². The van der Waals surface area contributed by atoms with Crippen molar-refractivity contribution in [2.24, 2.45) is 0 Å². The predicted octanol–water partition coefficient (Wildman–Crippen LogP) is 2.82. The van der Waals surface area contributed by atoms with Crippen molar-refractivity contribution in [3.05, 3.63) is 23.5 Å². The first-order valence-electron chi connectivity index (χ1n) is 6.34. The molecule has 2 aliphatic rings. The van der Waals surface area contributed by atoms with Gasteiger partial charge in [0.2, 0.25) is 5.82 Å². The van der Waals surface area contributed by atoms with Crippen molar-refractivity contribution < 1.29 is 18.7 Å². The topological polar surface area (TPSA) is 35.5 Å². The molecule has 1 aromatic rings. The van der Waals surface area contributed by atoms with E-state index in [-0.39, 0.29) is 29.3 Å². The Morgan fingerprint density at radius 2 is 2.33 bits per heavy atom. The van der Waals surface area contributed by atoms with Crippen LogP contribution in [0.5, 0.6) is 11.5 Å². The van der Waals surface area contributed by atoms with Crippen LogP contribution >= 0.6 is 0 Å². The molecule has 1 aromatic carbocycles. The van der Waals surface area contributed by atoms with Gasteiger partial charge in [-0.2, -0.15) is 4.39 Å². The van der Waals surface area contributed by atoms with Gasteiger partial charge in [0.1, 0.15) is 11.9 Å². The molecule has 0 bridgehead atoms. The Bertz CT molecular complexity index is 498. The van der Waals surface area contributed by atoms with Crippen LogP contribution in [-0.4, -0.2) is 18.5 Å². The summed E-state index contributed by atoms with van der Waals surface area (Å²) in [5.74, 6) is 0.431. The minimum Gasteiger partial charge on any atom is -0.491 e. The van der Waals surface area contributed by atoms with Crippen LogP contribution in [0.2, 0.25) is 0 Å². The summed E-state index contributed by atoms with van der Waals surface area (Å²) in [5, 5.41) is 0. The van der Waals surface area contributed by atoms with Gasteiger partial charge in [0, 0.05) is 24.3 Å². The largest absolute Gasteiger partial charge is 0.491 e. The van der Waals surface area contributed by atoms with Gasteiger partial charge in [-0.1, -0.05) is 6.07 Å². The maximum Gasteiger partial charge on any atom is 0.207 e. The van der Waals surface area contributed by atoms with Crippen LogP contribution in [0.1, 0.15) is 37.7 Å². The third kappa shape index (κ3) is 1.67. The lowest BCUT2D eigenvalue weighted by Gasteiger charge is -2.22. The molecule has 1 heterocycles. The molecule has 1 saturated carbocycles. The number of ether oxygens (including phenoxy) is 2. The van der Waals surface area contributed by atoms with Gasteiger partial charge in [-0.05, 0) is 19.4 Å². The van der Waals surface area contributed by atoms with Crippen molar-refractivity contribution in [1.82, 2.24) is 0 Å². The highest BCUT2D eigenvalue weighted by Crippen LogP contribution is 2.47. The van der Waals surface area contributed by atoms with Crippen molar-refractivity contribution in [1.29, 1.82) is 0 Å². The molecule has 0 saturated heterocycles. The Morgan fingerprint density at radius 1 is 1.50 bits per heavy atom. The molecule has 1 aliphatic heterocycles. The van der Waals surface area contributed by atoms with Crippen LogP contribution in [0.15, 0.2) is 12.1 Å². The van der Waals surface area contributed by atoms with E-state index in [0.29, 0.717) is 19.4 Å². The number of carbonyl (C=O) groups excluding carboxylic acids is 1. The molecule has 3 rings (SSSR count). The summed E-state index contributed by atoms with van der Waals surface area (Å²) in [6.07, 6.45) is 1.53. The summed E-state index contributed by atoms with van der Waals surface area (Å²) < 4.78 is 25.0. The van der Waals surface area contributed by atoms with E-state index in [0.717, 1.165) is 12.0 Å². The summed E-state index contributed by atoms with van der Waals surface area (Å²) in [6.45, 7) is 2.23. The SMILES string of the molecule is CCOc1ccc2c(c1F)OC1CC(=O)CC[C@@H]21. The van der Waals surface area contributed by atoms with Crippen LogP contribution < -0.4 is 9.47 Å². The van der Waals surface area contributed by atoms with E-state index in [4.69, 9.17) is 9.47 Å². The highest BCUT2D eigenvalue weighted by molar-refractivity contribution is 5.80. The second kappa shape index (κ2) is 4.26. The standard InChI is InChI=1S/C14H15FO3/c1-2-17-11-6-5-10-9-4-3-8(16)7-12(9)18-14(10)13(11)15/h5-6,9,12H,2-4,7H2,1H3/t9-,12?/m0/s1. The molecule has 4 heteroatoms. The Kier molecular flexibility index (Phi) is 2.73. The van der Waals surface area contributed by atoms with Crippen LogP contribution in [0, 0.1) is 5.82 Å². The number of Topliss-reactive ketones (excluding diaryl/α,β-unsaturated/α-hetero) is 1. The van der Waals surface area contributed by atoms with E-state index >= 15 is 0 Å². The van der Waals surface area contributed by atoms with Gasteiger partial charge in [-0.3, -0.25) is 4.79 Å². The Labute approximate surface area is 105 Å². The van der Waals surface area contributed by atoms with Crippen molar-refractivity contribution in [2.45, 2.75) is 38.2 Å². The minimum atomic E-state index is -0.434. The highest BCUT2D eigenvalue weighted by atomic mass is 19.1. The first-order valence-corrected chi connectivity index (χ1v) is 6.34. The van der Waals surface area contributed by atoms with Crippen molar-refractivity contribution in [3.63, 3.8) is 0 Å². The number of halogens is 1. The molecule has 0 aromatic heterocycles. The summed E-state index contributed by atoms with van der Waals surface area (Å²) in [5.41, 5.74) is 0.883.